The van der Waals surface area contributed by atoms with Gasteiger partial charge in [0.15, 0.2) is 11.4 Å². The lowest BCUT2D eigenvalue weighted by atomic mass is 10.1. The van der Waals surface area contributed by atoms with Crippen molar-refractivity contribution >= 4 is 22.6 Å². The van der Waals surface area contributed by atoms with Gasteiger partial charge in [-0.3, -0.25) is 4.98 Å². The Bertz CT molecular complexity index is 1160. The minimum Gasteiger partial charge on any atom is -0.486 e. The molecular weight excluding hydrogens is 366 g/mol. The van der Waals surface area contributed by atoms with Crippen molar-refractivity contribution in [3.8, 4) is 17.0 Å². The van der Waals surface area contributed by atoms with Gasteiger partial charge in [0.05, 0.1) is 12.8 Å². The summed E-state index contributed by atoms with van der Waals surface area (Å²) in [6.07, 6.45) is 1.66. The number of carbonyl (C=O) groups excluding carboxylic acids is 1. The molecule has 29 heavy (non-hydrogen) atoms. The summed E-state index contributed by atoms with van der Waals surface area (Å²) in [7, 11) is 1.29. The third-order valence-corrected chi connectivity index (χ3v) is 4.55. The van der Waals surface area contributed by atoms with E-state index in [1.165, 1.54) is 7.11 Å². The van der Waals surface area contributed by atoms with Crippen molar-refractivity contribution in [2.24, 2.45) is 0 Å². The van der Waals surface area contributed by atoms with Gasteiger partial charge in [-0.2, -0.15) is 0 Å². The summed E-state index contributed by atoms with van der Waals surface area (Å²) in [6, 6.07) is 21.3. The third kappa shape index (κ3) is 3.73. The number of esters is 1. The Balaban J connectivity index is 1.83. The second-order valence-corrected chi connectivity index (χ2v) is 6.42. The number of nitrogens with zero attached hydrogens (tertiary/aromatic N) is 2. The zero-order valence-electron chi connectivity index (χ0n) is 15.8. The van der Waals surface area contributed by atoms with Crippen molar-refractivity contribution < 1.29 is 14.3 Å². The first-order chi connectivity index (χ1) is 14.2. The zero-order chi connectivity index (χ0) is 20.2. The maximum atomic E-state index is 12.3. The lowest BCUT2D eigenvalue weighted by Crippen LogP contribution is -2.11. The normalized spacial score (nSPS) is 10.7. The Labute approximate surface area is 167 Å². The van der Waals surface area contributed by atoms with Gasteiger partial charge >= 0.3 is 5.97 Å². The predicted molar refractivity (Wildman–Crippen MR) is 111 cm³/mol. The van der Waals surface area contributed by atoms with Gasteiger partial charge in [0.1, 0.15) is 12.4 Å². The summed E-state index contributed by atoms with van der Waals surface area (Å²) >= 11 is 0. The Kier molecular flexibility index (Phi) is 5.07. The number of aromatic nitrogens is 2. The van der Waals surface area contributed by atoms with E-state index >= 15 is 0 Å². The second kappa shape index (κ2) is 7.98. The second-order valence-electron chi connectivity index (χ2n) is 6.42. The summed E-state index contributed by atoms with van der Waals surface area (Å²) in [5, 5.41) is 1.27. The number of hydrogen-bond acceptors (Lipinski definition) is 6. The van der Waals surface area contributed by atoms with Gasteiger partial charge in [0.2, 0.25) is 0 Å². The molecule has 0 saturated heterocycles. The highest BCUT2D eigenvalue weighted by molar-refractivity contribution is 6.04. The number of rotatable bonds is 5. The molecular formula is C23H19N3O3. The van der Waals surface area contributed by atoms with Crippen LogP contribution < -0.4 is 10.5 Å². The van der Waals surface area contributed by atoms with Crippen LogP contribution in [0.3, 0.4) is 0 Å². The average molecular weight is 385 g/mol. The predicted octanol–water partition coefficient (Wildman–Crippen LogP) is 4.24. The molecule has 144 valence electrons. The van der Waals surface area contributed by atoms with Crippen LogP contribution in [0.15, 0.2) is 72.9 Å². The number of fused-ring (bicyclic) bond motifs is 1. The summed E-state index contributed by atoms with van der Waals surface area (Å²) in [5.74, 6) is -0.0992. The molecule has 0 unspecified atom stereocenters. The molecule has 2 N–H and O–H groups in total. The molecule has 6 heteroatoms. The zero-order valence-corrected chi connectivity index (χ0v) is 15.8. The Morgan fingerprint density at radius 3 is 2.38 bits per heavy atom. The molecule has 0 amide bonds. The summed E-state index contributed by atoms with van der Waals surface area (Å²) in [5.41, 5.74) is 8.87. The van der Waals surface area contributed by atoms with Crippen molar-refractivity contribution in [3.05, 3.63) is 84.2 Å². The molecule has 0 radical (unpaired) electrons. The van der Waals surface area contributed by atoms with Crippen molar-refractivity contribution in [2.75, 3.05) is 12.8 Å². The van der Waals surface area contributed by atoms with E-state index in [2.05, 4.69) is 9.97 Å². The minimum atomic E-state index is -0.617. The van der Waals surface area contributed by atoms with Gasteiger partial charge in [0, 0.05) is 22.5 Å². The Morgan fingerprint density at radius 2 is 1.69 bits per heavy atom. The number of hydrogen-bond donors (Lipinski definition) is 1. The van der Waals surface area contributed by atoms with Crippen LogP contribution in [-0.4, -0.2) is 23.0 Å². The van der Waals surface area contributed by atoms with Crippen LogP contribution in [0, 0.1) is 0 Å². The van der Waals surface area contributed by atoms with Crippen molar-refractivity contribution in [2.45, 2.75) is 6.61 Å². The van der Waals surface area contributed by atoms with Gasteiger partial charge in [0.25, 0.3) is 0 Å². The number of methoxy groups -OCH3 is 1. The summed E-state index contributed by atoms with van der Waals surface area (Å²) < 4.78 is 10.9. The smallest absolute Gasteiger partial charge is 0.360 e. The molecule has 0 aliphatic heterocycles. The van der Waals surface area contributed by atoms with Gasteiger partial charge in [-0.15, -0.1) is 0 Å². The maximum Gasteiger partial charge on any atom is 0.360 e. The average Bonchev–Trinajstić information content (AvgIpc) is 2.79. The molecule has 0 saturated carbocycles. The number of ether oxygens (including phenoxy) is 2. The van der Waals surface area contributed by atoms with Gasteiger partial charge in [-0.05, 0) is 11.6 Å². The van der Waals surface area contributed by atoms with E-state index in [0.29, 0.717) is 16.5 Å². The van der Waals surface area contributed by atoms with E-state index < -0.39 is 5.97 Å². The highest BCUT2D eigenvalue weighted by Crippen LogP contribution is 2.34. The minimum absolute atomic E-state index is 0.0303. The van der Waals surface area contributed by atoms with E-state index in [0.717, 1.165) is 16.8 Å². The Hall–Kier alpha value is -3.93. The van der Waals surface area contributed by atoms with Crippen LogP contribution in [0.25, 0.3) is 22.0 Å². The van der Waals surface area contributed by atoms with Crippen molar-refractivity contribution in [3.63, 3.8) is 0 Å². The number of benzene rings is 2. The number of pyridine rings is 2. The molecule has 4 rings (SSSR count). The quantitative estimate of drug-likeness (QED) is 0.517. The van der Waals surface area contributed by atoms with Crippen LogP contribution in [0.5, 0.6) is 5.75 Å². The van der Waals surface area contributed by atoms with Gasteiger partial charge in [-0.1, -0.05) is 60.7 Å². The number of carbonyl (C=O) groups is 1. The van der Waals surface area contributed by atoms with Crippen LogP contribution in [0.4, 0.5) is 5.82 Å². The van der Waals surface area contributed by atoms with E-state index in [1.807, 2.05) is 66.7 Å². The highest BCUT2D eigenvalue weighted by Gasteiger charge is 2.21. The Morgan fingerprint density at radius 1 is 1.00 bits per heavy atom. The van der Waals surface area contributed by atoms with Gasteiger partial charge in [-0.25, -0.2) is 9.78 Å². The largest absolute Gasteiger partial charge is 0.486 e. The van der Waals surface area contributed by atoms with E-state index in [1.54, 1.807) is 6.20 Å². The van der Waals surface area contributed by atoms with Crippen LogP contribution in [-0.2, 0) is 11.3 Å². The first-order valence-corrected chi connectivity index (χ1v) is 9.07. The van der Waals surface area contributed by atoms with E-state index in [-0.39, 0.29) is 18.1 Å². The molecule has 0 spiro atoms. The molecule has 6 nitrogen and oxygen atoms in total. The molecule has 2 heterocycles. The fraction of sp³-hybridized carbons (Fsp3) is 0.0870. The monoisotopic (exact) mass is 385 g/mol. The first-order valence-electron chi connectivity index (χ1n) is 9.07. The molecule has 4 aromatic rings. The molecule has 2 aromatic heterocycles. The number of anilines is 1. The fourth-order valence-corrected chi connectivity index (χ4v) is 3.08. The maximum absolute atomic E-state index is 12.3. The third-order valence-electron chi connectivity index (χ3n) is 4.55. The van der Waals surface area contributed by atoms with Crippen LogP contribution >= 0.6 is 0 Å². The number of nitrogen functional groups attached to an aromatic ring is 1. The van der Waals surface area contributed by atoms with E-state index in [9.17, 15) is 4.79 Å². The highest BCUT2D eigenvalue weighted by atomic mass is 16.5. The number of nitrogens with two attached hydrogens (primary N) is 1. The SMILES string of the molecule is COC(=O)c1nc(N)c2cc(-c3ccccc3)ncc2c1OCc1ccccc1. The lowest BCUT2D eigenvalue weighted by molar-refractivity contribution is 0.0589. The molecule has 0 bridgehead atoms. The lowest BCUT2D eigenvalue weighted by Gasteiger charge is -2.15. The van der Waals surface area contributed by atoms with Crippen LogP contribution in [0.1, 0.15) is 16.1 Å². The molecule has 0 atom stereocenters. The molecule has 2 aromatic carbocycles. The summed E-state index contributed by atoms with van der Waals surface area (Å²) in [4.78, 5) is 21.1. The first kappa shape index (κ1) is 18.4. The summed E-state index contributed by atoms with van der Waals surface area (Å²) in [6.45, 7) is 0.270. The topological polar surface area (TPSA) is 87.3 Å². The molecule has 0 fully saturated rings. The fourth-order valence-electron chi connectivity index (χ4n) is 3.08. The van der Waals surface area contributed by atoms with Crippen molar-refractivity contribution in [1.29, 1.82) is 0 Å². The van der Waals surface area contributed by atoms with Gasteiger partial charge < -0.3 is 15.2 Å². The standard InChI is InChI=1S/C23H19N3O3/c1-28-23(27)20-21(29-14-15-8-4-2-5-9-15)18-13-25-19(12-17(18)22(24)26-20)16-10-6-3-7-11-16/h2-13H,14H2,1H3,(H2,24,26). The van der Waals surface area contributed by atoms with Crippen LogP contribution in [0.2, 0.25) is 0 Å². The van der Waals surface area contributed by atoms with Crippen molar-refractivity contribution in [1.82, 2.24) is 9.97 Å². The molecule has 0 aliphatic carbocycles. The van der Waals surface area contributed by atoms with E-state index in [4.69, 9.17) is 15.2 Å². The molecule has 0 aliphatic rings.